The van der Waals surface area contributed by atoms with Crippen LogP contribution in [0.15, 0.2) is 132 Å². The summed E-state index contributed by atoms with van der Waals surface area (Å²) >= 11 is 0. The van der Waals surface area contributed by atoms with Gasteiger partial charge in [0.25, 0.3) is 0 Å². The first-order valence-corrected chi connectivity index (χ1v) is 18.6. The Bertz CT molecular complexity index is 2980. The van der Waals surface area contributed by atoms with E-state index >= 15 is 0 Å². The van der Waals surface area contributed by atoms with Crippen LogP contribution in [0.2, 0.25) is 0 Å². The molecule has 57 heavy (non-hydrogen) atoms. The number of hydrogen-bond acceptors (Lipinski definition) is 4. The SMILES string of the molecule is [2H]C([2H])([2H])c1c[c-]c(-c2cc(-c3ccc(C([2H])([2H])C(C)(C)C)cc3)ccn2)cc1.[2H]C([2H])([2H])c1ccc2c(n1)oc1c(-c3cc(Cc4ccc(C([2H])([2H])C(C)(C)C)cc4)ccn3)[c-]ccc12.[Ir]. The van der Waals surface area contributed by atoms with Crippen molar-refractivity contribution in [3.8, 4) is 33.6 Å². The summed E-state index contributed by atoms with van der Waals surface area (Å²) in [6, 6.07) is 40.9. The molecule has 0 fully saturated rings. The minimum Gasteiger partial charge on any atom is -0.486 e. The molecular weight excluding hydrogens is 875 g/mol. The van der Waals surface area contributed by atoms with Gasteiger partial charge in [0.15, 0.2) is 0 Å². The summed E-state index contributed by atoms with van der Waals surface area (Å²) in [4.78, 5) is 13.2. The van der Waals surface area contributed by atoms with Crippen molar-refractivity contribution >= 4 is 22.1 Å². The summed E-state index contributed by atoms with van der Waals surface area (Å²) in [6.07, 6.45) is 1.24. The van der Waals surface area contributed by atoms with Crippen molar-refractivity contribution in [1.29, 1.82) is 0 Å². The van der Waals surface area contributed by atoms with E-state index < -0.39 is 37.3 Å². The van der Waals surface area contributed by atoms with Gasteiger partial charge in [-0.1, -0.05) is 120 Å². The van der Waals surface area contributed by atoms with Gasteiger partial charge in [-0.15, -0.1) is 53.6 Å². The van der Waals surface area contributed by atoms with Crippen molar-refractivity contribution in [1.82, 2.24) is 15.0 Å². The molecule has 0 atom stereocenters. The Kier molecular flexibility index (Phi) is 9.20. The Hall–Kier alpha value is -5.22. The van der Waals surface area contributed by atoms with Gasteiger partial charge >= 0.3 is 0 Å². The second-order valence-corrected chi connectivity index (χ2v) is 15.9. The van der Waals surface area contributed by atoms with Crippen LogP contribution in [-0.4, -0.2) is 15.0 Å². The Morgan fingerprint density at radius 3 is 1.98 bits per heavy atom. The summed E-state index contributed by atoms with van der Waals surface area (Å²) in [5, 5.41) is 1.56. The van der Waals surface area contributed by atoms with E-state index in [0.717, 1.165) is 38.6 Å². The topological polar surface area (TPSA) is 51.8 Å². The largest absolute Gasteiger partial charge is 0.486 e. The van der Waals surface area contributed by atoms with Crippen LogP contribution in [-0.2, 0) is 39.3 Å². The number of aromatic nitrogens is 3. The number of rotatable bonds is 7. The zero-order valence-corrected chi connectivity index (χ0v) is 35.3. The maximum Gasteiger partial charge on any atom is 0.216 e. The molecule has 5 heteroatoms. The van der Waals surface area contributed by atoms with Crippen molar-refractivity contribution in [3.63, 3.8) is 0 Å². The second-order valence-electron chi connectivity index (χ2n) is 15.9. The van der Waals surface area contributed by atoms with Gasteiger partial charge in [-0.2, -0.15) is 0 Å². The molecule has 8 aromatic rings. The molecule has 0 saturated heterocycles. The van der Waals surface area contributed by atoms with Crippen LogP contribution >= 0.6 is 0 Å². The van der Waals surface area contributed by atoms with Crippen LogP contribution in [0.4, 0.5) is 0 Å². The molecule has 0 unspecified atom stereocenters. The third-order valence-electron chi connectivity index (χ3n) is 8.85. The molecule has 0 spiro atoms. The van der Waals surface area contributed by atoms with Gasteiger partial charge in [-0.3, -0.25) is 0 Å². The van der Waals surface area contributed by atoms with E-state index in [2.05, 4.69) is 27.1 Å². The predicted octanol–water partition coefficient (Wildman–Crippen LogP) is 13.4. The molecule has 4 aromatic carbocycles. The van der Waals surface area contributed by atoms with Gasteiger partial charge in [0, 0.05) is 57.3 Å². The molecular formula is C52H51IrN3O-2. The average molecular weight is 936 g/mol. The molecule has 0 aliphatic rings. The zero-order chi connectivity index (χ0) is 48.0. The Labute approximate surface area is 366 Å². The Morgan fingerprint density at radius 1 is 0.632 bits per heavy atom. The molecule has 0 aliphatic carbocycles. The van der Waals surface area contributed by atoms with Crippen LogP contribution in [0.5, 0.6) is 0 Å². The Balaban J connectivity index is 0.000000224. The summed E-state index contributed by atoms with van der Waals surface area (Å²) < 4.78 is 85.2. The molecule has 4 heterocycles. The van der Waals surface area contributed by atoms with Crippen molar-refractivity contribution < 1.29 is 38.2 Å². The summed E-state index contributed by atoms with van der Waals surface area (Å²) in [5.74, 6) is 0. The normalized spacial score (nSPS) is 15.1. The van der Waals surface area contributed by atoms with E-state index in [1.807, 2.05) is 120 Å². The van der Waals surface area contributed by atoms with Crippen LogP contribution in [0, 0.1) is 36.7 Å². The average Bonchev–Trinajstić information content (AvgIpc) is 3.64. The van der Waals surface area contributed by atoms with E-state index in [-0.39, 0.29) is 37.1 Å². The number of benzene rings is 4. The standard InChI is InChI=1S/C29H27N2O.C23H24N.Ir/c1-19-8-13-24-23-6-5-7-25(27(23)32-28(24)31-19)26-17-22(14-15-30-26)16-20-9-11-21(12-10-20)18-29(2,3)4;1-17-5-9-20(10-6-17)22-15-21(13-14-24-22)19-11-7-18(8-12-19)16-23(2,3)4;/h5-6,8-15,17H,16,18H2,1-4H3;5-9,11-15H,16H2,1-4H3;/q2*-1;/i1D3,18D2;1D3,16D2;. The number of fused-ring (bicyclic) bond motifs is 3. The van der Waals surface area contributed by atoms with Gasteiger partial charge in [-0.25, -0.2) is 4.98 Å². The predicted molar refractivity (Wildman–Crippen MR) is 233 cm³/mol. The van der Waals surface area contributed by atoms with Crippen molar-refractivity contribution in [2.45, 2.75) is 74.4 Å². The van der Waals surface area contributed by atoms with Crippen molar-refractivity contribution in [3.05, 3.63) is 173 Å². The van der Waals surface area contributed by atoms with E-state index in [4.69, 9.17) is 18.1 Å². The third kappa shape index (κ3) is 10.8. The summed E-state index contributed by atoms with van der Waals surface area (Å²) in [7, 11) is 0. The molecule has 0 aliphatic heterocycles. The first kappa shape index (κ1) is 29.9. The number of hydrogen-bond donors (Lipinski definition) is 0. The maximum absolute atomic E-state index is 8.50. The minimum absolute atomic E-state index is 0. The quantitative estimate of drug-likeness (QED) is 0.149. The van der Waals surface area contributed by atoms with Gasteiger partial charge in [0.1, 0.15) is 0 Å². The van der Waals surface area contributed by atoms with Crippen LogP contribution < -0.4 is 0 Å². The molecule has 291 valence electrons. The number of furan rings is 1. The van der Waals surface area contributed by atoms with Crippen LogP contribution in [0.1, 0.15) is 88.8 Å². The molecule has 4 aromatic heterocycles. The molecule has 1 radical (unpaired) electrons. The van der Waals surface area contributed by atoms with Gasteiger partial charge in [0.2, 0.25) is 5.71 Å². The maximum atomic E-state index is 8.50. The van der Waals surface area contributed by atoms with E-state index in [0.29, 0.717) is 40.1 Å². The van der Waals surface area contributed by atoms with Crippen LogP contribution in [0.3, 0.4) is 0 Å². The van der Waals surface area contributed by atoms with Crippen molar-refractivity contribution in [2.75, 3.05) is 0 Å². The minimum atomic E-state index is -2.31. The monoisotopic (exact) mass is 936 g/mol. The van der Waals surface area contributed by atoms with E-state index in [1.54, 1.807) is 36.7 Å². The number of pyridine rings is 3. The smallest absolute Gasteiger partial charge is 0.216 e. The second kappa shape index (κ2) is 17.5. The fourth-order valence-corrected chi connectivity index (χ4v) is 6.43. The first-order chi connectivity index (χ1) is 30.7. The fourth-order valence-electron chi connectivity index (χ4n) is 6.43. The van der Waals surface area contributed by atoms with Gasteiger partial charge in [0.05, 0.1) is 5.58 Å². The molecule has 4 nitrogen and oxygen atoms in total. The van der Waals surface area contributed by atoms with Gasteiger partial charge in [-0.05, 0) is 106 Å². The molecule has 0 amide bonds. The number of nitrogens with zero attached hydrogens (tertiary/aromatic N) is 3. The van der Waals surface area contributed by atoms with E-state index in [9.17, 15) is 0 Å². The van der Waals surface area contributed by atoms with Crippen LogP contribution in [0.25, 0.3) is 55.7 Å². The first-order valence-electron chi connectivity index (χ1n) is 23.6. The molecule has 8 rings (SSSR count). The molecule has 0 N–H and O–H groups in total. The summed E-state index contributed by atoms with van der Waals surface area (Å²) in [6.45, 7) is 6.93. The zero-order valence-electron chi connectivity index (χ0n) is 42.9. The van der Waals surface area contributed by atoms with Gasteiger partial charge < -0.3 is 14.4 Å². The summed E-state index contributed by atoms with van der Waals surface area (Å²) in [5.41, 5.74) is 8.20. The molecule has 0 bridgehead atoms. The van der Waals surface area contributed by atoms with E-state index in [1.165, 1.54) is 12.1 Å². The van der Waals surface area contributed by atoms with Crippen molar-refractivity contribution in [2.24, 2.45) is 10.8 Å². The fraction of sp³-hybridized carbons (Fsp3) is 0.250. The third-order valence-corrected chi connectivity index (χ3v) is 8.85. The number of aryl methyl sites for hydroxylation is 2. The molecule has 0 saturated carbocycles. The Morgan fingerprint density at radius 2 is 1.32 bits per heavy atom.